The van der Waals surface area contributed by atoms with Crippen molar-refractivity contribution < 1.29 is 28.9 Å². The fraction of sp³-hybridized carbons (Fsp3) is 0. The molecule has 4 nitrogen and oxygen atoms in total. The molecule has 0 aromatic carbocycles. The van der Waals surface area contributed by atoms with Crippen LogP contribution in [-0.4, -0.2) is 0 Å². The van der Waals surface area contributed by atoms with Crippen LogP contribution < -0.4 is 0 Å². The summed E-state index contributed by atoms with van der Waals surface area (Å²) in [6.45, 7) is 0. The van der Waals surface area contributed by atoms with E-state index in [1.807, 2.05) is 0 Å². The summed E-state index contributed by atoms with van der Waals surface area (Å²) in [5.74, 6) is 0. The molecule has 5 heteroatoms. The summed E-state index contributed by atoms with van der Waals surface area (Å²) in [5.41, 5.74) is 0. The van der Waals surface area contributed by atoms with Crippen LogP contribution in [0.15, 0.2) is 0 Å². The van der Waals surface area contributed by atoms with E-state index in [0.717, 1.165) is 0 Å². The second-order valence-electron chi connectivity index (χ2n) is 0.333. The molecule has 0 aliphatic rings. The molecule has 0 saturated carbocycles. The third kappa shape index (κ3) is 407. The van der Waals surface area contributed by atoms with Crippen LogP contribution >= 0.6 is 0 Å². The number of hydrogen-bond donors (Lipinski definition) is 0. The maximum absolute atomic E-state index is 8.60. The van der Waals surface area contributed by atoms with Crippen LogP contribution in [0, 0.1) is 0 Å². The van der Waals surface area contributed by atoms with Crippen LogP contribution in [0.4, 0.5) is 0 Å². The Balaban J connectivity index is 6.05. The SMILES string of the molecule is [O]=[Rh](=[O])(=[O])=[O]. The van der Waals surface area contributed by atoms with Gasteiger partial charge >= 0.3 is 28.9 Å². The molecule has 0 aromatic rings. The Hall–Kier alpha value is -0.177. The van der Waals surface area contributed by atoms with Crippen molar-refractivity contribution in [1.29, 1.82) is 0 Å². The molecular formula is O4Rh. The van der Waals surface area contributed by atoms with Crippen molar-refractivity contribution in [3.63, 3.8) is 0 Å². The summed E-state index contributed by atoms with van der Waals surface area (Å²) in [4.78, 5) is 0. The van der Waals surface area contributed by atoms with Gasteiger partial charge in [0.2, 0.25) is 0 Å². The molecule has 0 aliphatic heterocycles. The Morgan fingerprint density at radius 3 is 0.800 bits per heavy atom. The van der Waals surface area contributed by atoms with Crippen LogP contribution in [0.1, 0.15) is 0 Å². The molecule has 0 saturated heterocycles. The molecule has 0 aliphatic carbocycles. The zero-order valence-electron chi connectivity index (χ0n) is 1.97. The van der Waals surface area contributed by atoms with Gasteiger partial charge in [-0.25, -0.2) is 0 Å². The monoisotopic (exact) mass is 167 g/mol. The molecule has 0 radical (unpaired) electrons. The van der Waals surface area contributed by atoms with Gasteiger partial charge in [0.25, 0.3) is 0 Å². The Bertz CT molecular complexity index is 155. The van der Waals surface area contributed by atoms with E-state index in [-0.39, 0.29) is 0 Å². The van der Waals surface area contributed by atoms with Crippen molar-refractivity contribution in [2.75, 3.05) is 0 Å². The average molecular weight is 167 g/mol. The van der Waals surface area contributed by atoms with Gasteiger partial charge < -0.3 is 0 Å². The van der Waals surface area contributed by atoms with Crippen molar-refractivity contribution in [3.05, 3.63) is 0 Å². The van der Waals surface area contributed by atoms with Gasteiger partial charge in [-0.2, -0.15) is 0 Å². The van der Waals surface area contributed by atoms with E-state index >= 15 is 0 Å². The van der Waals surface area contributed by atoms with Gasteiger partial charge in [0.1, 0.15) is 0 Å². The minimum atomic E-state index is -5.78. The van der Waals surface area contributed by atoms with Crippen molar-refractivity contribution in [1.82, 2.24) is 0 Å². The van der Waals surface area contributed by atoms with E-state index in [9.17, 15) is 0 Å². The van der Waals surface area contributed by atoms with Gasteiger partial charge in [0, 0.05) is 0 Å². The first-order chi connectivity index (χ1) is 2.00. The van der Waals surface area contributed by atoms with Crippen molar-refractivity contribution in [2.24, 2.45) is 0 Å². The quantitative estimate of drug-likeness (QED) is 0.457. The van der Waals surface area contributed by atoms with Crippen LogP contribution in [0.2, 0.25) is 0 Å². The third-order valence-electron chi connectivity index (χ3n) is 0. The average Bonchev–Trinajstić information content (AvgIpc) is 0.722. The van der Waals surface area contributed by atoms with Crippen molar-refractivity contribution >= 4 is 0 Å². The summed E-state index contributed by atoms with van der Waals surface area (Å²) in [5, 5.41) is 0. The van der Waals surface area contributed by atoms with Crippen molar-refractivity contribution in [3.8, 4) is 0 Å². The summed E-state index contributed by atoms with van der Waals surface area (Å²) in [6.07, 6.45) is 0. The first-order valence-corrected chi connectivity index (χ1v) is 3.22. The molecule has 0 unspecified atom stereocenters. The molecule has 0 heterocycles. The van der Waals surface area contributed by atoms with E-state index in [1.165, 1.54) is 0 Å². The van der Waals surface area contributed by atoms with Gasteiger partial charge in [-0.15, -0.1) is 0 Å². The molecular weight excluding hydrogens is 167 g/mol. The number of rotatable bonds is 0. The summed E-state index contributed by atoms with van der Waals surface area (Å²) < 4.78 is 34.4. The Morgan fingerprint density at radius 2 is 0.800 bits per heavy atom. The van der Waals surface area contributed by atoms with Gasteiger partial charge in [0.05, 0.1) is 0 Å². The predicted octanol–water partition coefficient (Wildman–Crippen LogP) is -0.478. The van der Waals surface area contributed by atoms with E-state index in [0.29, 0.717) is 0 Å². The van der Waals surface area contributed by atoms with E-state index in [4.69, 9.17) is 14.3 Å². The molecule has 0 N–H and O–H groups in total. The minimum absolute atomic E-state index is 5.78. The summed E-state index contributed by atoms with van der Waals surface area (Å²) in [6, 6.07) is 0. The second kappa shape index (κ2) is 0.899. The molecule has 0 amide bonds. The second-order valence-corrected chi connectivity index (χ2v) is 1.97. The molecule has 0 fully saturated rings. The fourth-order valence-electron chi connectivity index (χ4n) is 0. The fourth-order valence-corrected chi connectivity index (χ4v) is 0. The van der Waals surface area contributed by atoms with Crippen LogP contribution in [0.25, 0.3) is 0 Å². The molecule has 0 bridgehead atoms. The first kappa shape index (κ1) is 4.82. The van der Waals surface area contributed by atoms with Crippen LogP contribution in [0.3, 0.4) is 0 Å². The predicted molar refractivity (Wildman–Crippen MR) is 2.75 cm³/mol. The zero-order chi connectivity index (χ0) is 4.50. The van der Waals surface area contributed by atoms with E-state index in [1.54, 1.807) is 0 Å². The molecule has 33 valence electrons. The zero-order valence-corrected chi connectivity index (χ0v) is 3.61. The Kier molecular flexibility index (Phi) is 0.867. The molecule has 0 rings (SSSR count). The summed E-state index contributed by atoms with van der Waals surface area (Å²) >= 11 is -5.78. The third-order valence-corrected chi connectivity index (χ3v) is 0. The van der Waals surface area contributed by atoms with E-state index < -0.39 is 14.6 Å². The standard InChI is InChI=1S/4O.Rh. The molecule has 0 spiro atoms. The Labute approximate surface area is 29.7 Å². The Morgan fingerprint density at radius 1 is 0.800 bits per heavy atom. The van der Waals surface area contributed by atoms with Gasteiger partial charge in [-0.1, -0.05) is 0 Å². The normalized spacial score (nSPS) is 11.2. The molecule has 5 heavy (non-hydrogen) atoms. The van der Waals surface area contributed by atoms with E-state index in [2.05, 4.69) is 0 Å². The van der Waals surface area contributed by atoms with Crippen LogP contribution in [0.5, 0.6) is 0 Å². The maximum atomic E-state index is 8.60. The molecule has 0 aromatic heterocycles. The van der Waals surface area contributed by atoms with Gasteiger partial charge in [-0.3, -0.25) is 0 Å². The van der Waals surface area contributed by atoms with Gasteiger partial charge in [-0.05, 0) is 0 Å². The number of hydrogen-bond acceptors (Lipinski definition) is 4. The summed E-state index contributed by atoms with van der Waals surface area (Å²) in [7, 11) is 0. The van der Waals surface area contributed by atoms with Gasteiger partial charge in [0.15, 0.2) is 0 Å². The topological polar surface area (TPSA) is 68.3 Å². The van der Waals surface area contributed by atoms with Crippen molar-refractivity contribution in [2.45, 2.75) is 0 Å². The van der Waals surface area contributed by atoms with Crippen LogP contribution in [-0.2, 0) is 28.9 Å². The molecule has 0 atom stereocenters. The first-order valence-electron chi connectivity index (χ1n) is 0.544.